The minimum atomic E-state index is 0.373. The predicted molar refractivity (Wildman–Crippen MR) is 101 cm³/mol. The number of nitrogens with one attached hydrogen (secondary N) is 1. The molecule has 1 aliphatic carbocycles. The number of halogens is 1. The first-order valence-electron chi connectivity index (χ1n) is 8.63. The Morgan fingerprint density at radius 1 is 1.28 bits per heavy atom. The van der Waals surface area contributed by atoms with Crippen LogP contribution >= 0.6 is 23.4 Å². The van der Waals surface area contributed by atoms with E-state index >= 15 is 0 Å². The molecule has 1 aromatic carbocycles. The molecular weight excluding hydrogens is 354 g/mol. The highest BCUT2D eigenvalue weighted by molar-refractivity contribution is 7.99. The zero-order valence-corrected chi connectivity index (χ0v) is 15.2. The Balaban J connectivity index is 1.39. The van der Waals surface area contributed by atoms with Crippen LogP contribution in [0.1, 0.15) is 41.8 Å². The minimum absolute atomic E-state index is 0.373. The molecule has 2 aliphatic rings. The Labute approximate surface area is 155 Å². The van der Waals surface area contributed by atoms with Crippen molar-refractivity contribution in [1.29, 1.82) is 0 Å². The highest BCUT2D eigenvalue weighted by Crippen LogP contribution is 2.44. The van der Waals surface area contributed by atoms with E-state index in [9.17, 15) is 0 Å². The summed E-state index contributed by atoms with van der Waals surface area (Å²) in [7, 11) is 0. The van der Waals surface area contributed by atoms with Crippen LogP contribution in [0.4, 0.5) is 5.82 Å². The Hall–Kier alpha value is -1.79. The molecule has 2 aromatic heterocycles. The molecule has 1 saturated heterocycles. The van der Waals surface area contributed by atoms with Gasteiger partial charge in [-0.3, -0.25) is 4.40 Å². The summed E-state index contributed by atoms with van der Waals surface area (Å²) in [5, 5.41) is 13.6. The first-order valence-corrected chi connectivity index (χ1v) is 10.1. The zero-order chi connectivity index (χ0) is 16.8. The smallest absolute Gasteiger partial charge is 0.203 e. The second kappa shape index (κ2) is 6.18. The molecular formula is C18H18ClN5S. The molecule has 1 aliphatic heterocycles. The standard InChI is InChI=1S/C18H18ClN5S/c19-12-4-1-3-11(9-12)13-10-14(13)21-16-18-23-22-17(15-5-2-8-25-15)24(18)7-6-20-16/h1,3-4,6-7,9,13-15H,2,5,8,10H2,(H,20,21)/t13?,14?,15-/m0/s1. The summed E-state index contributed by atoms with van der Waals surface area (Å²) in [6.45, 7) is 0. The third kappa shape index (κ3) is 2.87. The summed E-state index contributed by atoms with van der Waals surface area (Å²) in [5.74, 6) is 3.55. The predicted octanol–water partition coefficient (Wildman–Crippen LogP) is 4.31. The Morgan fingerprint density at radius 2 is 2.24 bits per heavy atom. The van der Waals surface area contributed by atoms with Crippen molar-refractivity contribution in [2.75, 3.05) is 11.1 Å². The van der Waals surface area contributed by atoms with Crippen molar-refractivity contribution in [3.63, 3.8) is 0 Å². The monoisotopic (exact) mass is 371 g/mol. The lowest BCUT2D eigenvalue weighted by Crippen LogP contribution is -2.08. The van der Waals surface area contributed by atoms with E-state index in [4.69, 9.17) is 11.6 Å². The molecule has 128 valence electrons. The molecule has 2 fully saturated rings. The maximum absolute atomic E-state index is 6.11. The number of fused-ring (bicyclic) bond motifs is 1. The zero-order valence-electron chi connectivity index (χ0n) is 13.6. The number of hydrogen-bond donors (Lipinski definition) is 1. The highest BCUT2D eigenvalue weighted by Gasteiger charge is 2.39. The van der Waals surface area contributed by atoms with Crippen molar-refractivity contribution in [2.45, 2.75) is 36.5 Å². The SMILES string of the molecule is Clc1cccc(C2CC2Nc2nccn3c([C@@H]4CCCS4)nnc23)c1. The lowest BCUT2D eigenvalue weighted by molar-refractivity contribution is 0.765. The number of nitrogens with zero attached hydrogens (tertiary/aromatic N) is 4. The Morgan fingerprint density at radius 3 is 3.08 bits per heavy atom. The fourth-order valence-electron chi connectivity index (χ4n) is 3.58. The van der Waals surface area contributed by atoms with Gasteiger partial charge in [-0.2, -0.15) is 11.8 Å². The van der Waals surface area contributed by atoms with Gasteiger partial charge in [0.05, 0.1) is 5.25 Å². The minimum Gasteiger partial charge on any atom is -0.364 e. The van der Waals surface area contributed by atoms with Crippen molar-refractivity contribution < 1.29 is 0 Å². The van der Waals surface area contributed by atoms with Gasteiger partial charge >= 0.3 is 0 Å². The maximum atomic E-state index is 6.11. The maximum Gasteiger partial charge on any atom is 0.203 e. The molecule has 3 heterocycles. The van der Waals surface area contributed by atoms with Gasteiger partial charge in [-0.25, -0.2) is 4.98 Å². The average molecular weight is 372 g/mol. The van der Waals surface area contributed by atoms with Crippen molar-refractivity contribution >= 4 is 34.8 Å². The molecule has 2 unspecified atom stereocenters. The van der Waals surface area contributed by atoms with Crippen LogP contribution in [-0.2, 0) is 0 Å². The van der Waals surface area contributed by atoms with Gasteiger partial charge in [-0.05, 0) is 42.7 Å². The van der Waals surface area contributed by atoms with Crippen LogP contribution < -0.4 is 5.32 Å². The van der Waals surface area contributed by atoms with E-state index in [0.717, 1.165) is 28.7 Å². The largest absolute Gasteiger partial charge is 0.364 e. The van der Waals surface area contributed by atoms with Gasteiger partial charge in [0.25, 0.3) is 0 Å². The van der Waals surface area contributed by atoms with E-state index in [1.165, 1.54) is 24.2 Å². The van der Waals surface area contributed by atoms with Crippen LogP contribution in [0.3, 0.4) is 0 Å². The van der Waals surface area contributed by atoms with E-state index in [1.54, 1.807) is 0 Å². The van der Waals surface area contributed by atoms with Crippen LogP contribution in [0.5, 0.6) is 0 Å². The number of hydrogen-bond acceptors (Lipinski definition) is 5. The highest BCUT2D eigenvalue weighted by atomic mass is 35.5. The van der Waals surface area contributed by atoms with Gasteiger partial charge < -0.3 is 5.32 Å². The first-order chi connectivity index (χ1) is 12.3. The van der Waals surface area contributed by atoms with Crippen molar-refractivity contribution in [3.05, 3.63) is 53.1 Å². The number of thioether (sulfide) groups is 1. The molecule has 0 radical (unpaired) electrons. The van der Waals surface area contributed by atoms with Crippen LogP contribution in [-0.4, -0.2) is 31.4 Å². The summed E-state index contributed by atoms with van der Waals surface area (Å²) < 4.78 is 2.09. The average Bonchev–Trinajstić information content (AvgIpc) is 3.00. The van der Waals surface area contributed by atoms with E-state index in [2.05, 4.69) is 37.0 Å². The summed E-state index contributed by atoms with van der Waals surface area (Å²) in [6, 6.07) is 8.48. The van der Waals surface area contributed by atoms with Crippen LogP contribution in [0, 0.1) is 0 Å². The lowest BCUT2D eigenvalue weighted by Gasteiger charge is -2.09. The topological polar surface area (TPSA) is 55.1 Å². The number of rotatable bonds is 4. The molecule has 5 rings (SSSR count). The van der Waals surface area contributed by atoms with Crippen LogP contribution in [0.2, 0.25) is 5.02 Å². The van der Waals surface area contributed by atoms with E-state index in [-0.39, 0.29) is 0 Å². The molecule has 25 heavy (non-hydrogen) atoms. The molecule has 0 spiro atoms. The summed E-state index contributed by atoms with van der Waals surface area (Å²) in [6.07, 6.45) is 7.32. The Bertz CT molecular complexity index is 921. The van der Waals surface area contributed by atoms with Gasteiger partial charge in [-0.1, -0.05) is 23.7 Å². The van der Waals surface area contributed by atoms with Crippen molar-refractivity contribution in [1.82, 2.24) is 19.6 Å². The van der Waals surface area contributed by atoms with Gasteiger partial charge in [0.2, 0.25) is 5.65 Å². The fraction of sp³-hybridized carbons (Fsp3) is 0.389. The second-order valence-corrected chi connectivity index (χ2v) is 8.42. The van der Waals surface area contributed by atoms with Crippen molar-refractivity contribution in [3.8, 4) is 0 Å². The molecule has 7 heteroatoms. The third-order valence-corrected chi connectivity index (χ3v) is 6.57. The van der Waals surface area contributed by atoms with Gasteiger partial charge in [0.15, 0.2) is 11.6 Å². The van der Waals surface area contributed by atoms with Gasteiger partial charge in [-0.15, -0.1) is 10.2 Å². The van der Waals surface area contributed by atoms with Gasteiger partial charge in [0, 0.05) is 29.4 Å². The molecule has 0 amide bonds. The molecule has 1 N–H and O–H groups in total. The van der Waals surface area contributed by atoms with Crippen LogP contribution in [0.15, 0.2) is 36.7 Å². The van der Waals surface area contributed by atoms with E-state index in [0.29, 0.717) is 17.2 Å². The summed E-state index contributed by atoms with van der Waals surface area (Å²) >= 11 is 8.08. The first kappa shape index (κ1) is 15.5. The lowest BCUT2D eigenvalue weighted by atomic mass is 10.1. The molecule has 3 aromatic rings. The Kier molecular flexibility index (Phi) is 3.82. The summed E-state index contributed by atoms with van der Waals surface area (Å²) in [4.78, 5) is 4.51. The second-order valence-electron chi connectivity index (χ2n) is 6.68. The number of aromatic nitrogens is 4. The van der Waals surface area contributed by atoms with Gasteiger partial charge in [0.1, 0.15) is 0 Å². The molecule has 1 saturated carbocycles. The van der Waals surface area contributed by atoms with Crippen molar-refractivity contribution in [2.24, 2.45) is 0 Å². The molecule has 3 atom stereocenters. The normalized spacial score (nSPS) is 25.4. The molecule has 0 bridgehead atoms. The van der Waals surface area contributed by atoms with E-state index < -0.39 is 0 Å². The number of anilines is 1. The quantitative estimate of drug-likeness (QED) is 0.740. The molecule has 5 nitrogen and oxygen atoms in total. The van der Waals surface area contributed by atoms with E-state index in [1.807, 2.05) is 36.3 Å². The number of benzene rings is 1. The van der Waals surface area contributed by atoms with Crippen LogP contribution in [0.25, 0.3) is 5.65 Å². The third-order valence-electron chi connectivity index (χ3n) is 4.96. The summed E-state index contributed by atoms with van der Waals surface area (Å²) in [5.41, 5.74) is 2.10. The fourth-order valence-corrected chi connectivity index (χ4v) is 5.04.